The zero-order valence-corrected chi connectivity index (χ0v) is 9.04. The Balaban J connectivity index is 2.72. The maximum absolute atomic E-state index is 11.8. The van der Waals surface area contributed by atoms with Crippen molar-refractivity contribution < 1.29 is 4.74 Å². The van der Waals surface area contributed by atoms with Crippen molar-refractivity contribution in [1.29, 1.82) is 0 Å². The monoisotopic (exact) mass is 220 g/mol. The number of anilines is 1. The van der Waals surface area contributed by atoms with Crippen molar-refractivity contribution in [3.63, 3.8) is 0 Å². The molecular weight excluding hydrogens is 208 g/mol. The van der Waals surface area contributed by atoms with E-state index in [1.165, 1.54) is 16.4 Å². The number of aromatic nitrogens is 3. The van der Waals surface area contributed by atoms with Crippen molar-refractivity contribution >= 4 is 5.95 Å². The van der Waals surface area contributed by atoms with Crippen molar-refractivity contribution in [2.24, 2.45) is 7.05 Å². The number of ether oxygens (including phenoxy) is 1. The van der Waals surface area contributed by atoms with Gasteiger partial charge in [0.25, 0.3) is 0 Å². The minimum absolute atomic E-state index is 0.136. The van der Waals surface area contributed by atoms with Crippen LogP contribution in [0.2, 0.25) is 0 Å². The number of benzene rings is 1. The highest BCUT2D eigenvalue weighted by Gasteiger charge is 2.13. The molecule has 0 fully saturated rings. The molecule has 0 atom stereocenters. The van der Waals surface area contributed by atoms with Gasteiger partial charge in [-0.25, -0.2) is 14.0 Å². The van der Waals surface area contributed by atoms with E-state index in [1.54, 1.807) is 25.2 Å². The van der Waals surface area contributed by atoms with Crippen molar-refractivity contribution in [1.82, 2.24) is 14.3 Å². The number of nitrogens with two attached hydrogens (primary N) is 1. The molecule has 0 radical (unpaired) electrons. The summed E-state index contributed by atoms with van der Waals surface area (Å²) in [5, 5.41) is 3.85. The number of hydrogen-bond donors (Lipinski definition) is 1. The molecular formula is C10H12N4O2. The van der Waals surface area contributed by atoms with Crippen LogP contribution < -0.4 is 16.2 Å². The first-order valence-electron chi connectivity index (χ1n) is 4.70. The van der Waals surface area contributed by atoms with Crippen LogP contribution in [-0.2, 0) is 7.05 Å². The molecule has 0 unspecified atom stereocenters. The first-order valence-corrected chi connectivity index (χ1v) is 4.70. The summed E-state index contributed by atoms with van der Waals surface area (Å²) in [4.78, 5) is 11.8. The Morgan fingerprint density at radius 3 is 2.62 bits per heavy atom. The number of nitrogen functional groups attached to an aromatic ring is 1. The summed E-state index contributed by atoms with van der Waals surface area (Å²) in [5.74, 6) is 0.710. The van der Waals surface area contributed by atoms with Gasteiger partial charge < -0.3 is 10.5 Å². The van der Waals surface area contributed by atoms with E-state index >= 15 is 0 Å². The molecule has 1 aromatic heterocycles. The summed E-state index contributed by atoms with van der Waals surface area (Å²) in [7, 11) is 3.08. The molecule has 0 saturated heterocycles. The lowest BCUT2D eigenvalue weighted by Gasteiger charge is -2.07. The normalized spacial score (nSPS) is 10.4. The molecule has 0 saturated carbocycles. The van der Waals surface area contributed by atoms with Crippen LogP contribution in [0.3, 0.4) is 0 Å². The minimum Gasteiger partial charge on any atom is -0.495 e. The highest BCUT2D eigenvalue weighted by Crippen LogP contribution is 2.21. The maximum atomic E-state index is 11.8. The van der Waals surface area contributed by atoms with Crippen LogP contribution in [0.4, 0.5) is 5.95 Å². The highest BCUT2D eigenvalue weighted by molar-refractivity contribution is 5.49. The molecule has 84 valence electrons. The Morgan fingerprint density at radius 1 is 1.38 bits per heavy atom. The average Bonchev–Trinajstić information content (AvgIpc) is 2.53. The molecule has 0 aliphatic heterocycles. The predicted molar refractivity (Wildman–Crippen MR) is 59.8 cm³/mol. The summed E-state index contributed by atoms with van der Waals surface area (Å²) in [6.45, 7) is 0. The second-order valence-electron chi connectivity index (χ2n) is 3.27. The fourth-order valence-corrected chi connectivity index (χ4v) is 1.52. The molecule has 0 amide bonds. The van der Waals surface area contributed by atoms with Crippen LogP contribution in [0.5, 0.6) is 5.75 Å². The molecule has 0 aliphatic rings. The largest absolute Gasteiger partial charge is 0.495 e. The smallest absolute Gasteiger partial charge is 0.351 e. The molecule has 1 aromatic carbocycles. The van der Waals surface area contributed by atoms with Gasteiger partial charge in [-0.1, -0.05) is 12.1 Å². The Bertz CT molecular complexity index is 570. The molecule has 0 bridgehead atoms. The van der Waals surface area contributed by atoms with Crippen LogP contribution in [0.15, 0.2) is 29.1 Å². The lowest BCUT2D eigenvalue weighted by Crippen LogP contribution is -2.22. The third-order valence-corrected chi connectivity index (χ3v) is 2.28. The van der Waals surface area contributed by atoms with E-state index in [0.29, 0.717) is 11.4 Å². The summed E-state index contributed by atoms with van der Waals surface area (Å²) in [5.41, 5.74) is 5.95. The van der Waals surface area contributed by atoms with Gasteiger partial charge in [0.15, 0.2) is 0 Å². The predicted octanol–water partition coefficient (Wildman–Crippen LogP) is 0.162. The minimum atomic E-state index is -0.304. The van der Waals surface area contributed by atoms with Gasteiger partial charge in [0, 0.05) is 7.05 Å². The molecule has 2 aromatic rings. The van der Waals surface area contributed by atoms with Crippen LogP contribution in [0, 0.1) is 0 Å². The van der Waals surface area contributed by atoms with E-state index in [2.05, 4.69) is 5.10 Å². The molecule has 2 N–H and O–H groups in total. The Hall–Kier alpha value is -2.24. The SMILES string of the molecule is COc1ccccc1-n1c(N)nn(C)c1=O. The third kappa shape index (κ3) is 1.44. The van der Waals surface area contributed by atoms with Gasteiger partial charge in [-0.05, 0) is 12.1 Å². The number of rotatable bonds is 2. The van der Waals surface area contributed by atoms with Gasteiger partial charge in [0.2, 0.25) is 5.95 Å². The number of aryl methyl sites for hydroxylation is 1. The molecule has 2 rings (SSSR count). The fourth-order valence-electron chi connectivity index (χ4n) is 1.52. The summed E-state index contributed by atoms with van der Waals surface area (Å²) < 4.78 is 7.65. The number of methoxy groups -OCH3 is 1. The van der Waals surface area contributed by atoms with E-state index in [-0.39, 0.29) is 11.6 Å². The highest BCUT2D eigenvalue weighted by atomic mass is 16.5. The van der Waals surface area contributed by atoms with Crippen molar-refractivity contribution in [2.45, 2.75) is 0 Å². The summed E-state index contributed by atoms with van der Waals surface area (Å²) >= 11 is 0. The van der Waals surface area contributed by atoms with E-state index < -0.39 is 0 Å². The Morgan fingerprint density at radius 2 is 2.06 bits per heavy atom. The van der Waals surface area contributed by atoms with Crippen LogP contribution in [-0.4, -0.2) is 21.5 Å². The van der Waals surface area contributed by atoms with Gasteiger partial charge in [-0.2, -0.15) is 0 Å². The zero-order valence-electron chi connectivity index (χ0n) is 9.04. The van der Waals surface area contributed by atoms with E-state index in [1.807, 2.05) is 6.07 Å². The first-order chi connectivity index (χ1) is 7.65. The van der Waals surface area contributed by atoms with E-state index in [9.17, 15) is 4.79 Å². The molecule has 6 nitrogen and oxygen atoms in total. The molecule has 16 heavy (non-hydrogen) atoms. The van der Waals surface area contributed by atoms with Crippen molar-refractivity contribution in [3.05, 3.63) is 34.7 Å². The Labute approximate surface area is 91.9 Å². The zero-order chi connectivity index (χ0) is 11.7. The maximum Gasteiger partial charge on any atom is 0.351 e. The standard InChI is InChI=1S/C10H12N4O2/c1-13-10(15)14(9(11)12-13)7-5-3-4-6-8(7)16-2/h3-6H,1-2H3,(H2,11,12). The second-order valence-corrected chi connectivity index (χ2v) is 3.27. The second kappa shape index (κ2) is 3.73. The van der Waals surface area contributed by atoms with Crippen LogP contribution in [0.25, 0.3) is 5.69 Å². The van der Waals surface area contributed by atoms with Gasteiger partial charge in [0.1, 0.15) is 5.75 Å². The van der Waals surface area contributed by atoms with E-state index in [0.717, 1.165) is 0 Å². The number of hydrogen-bond acceptors (Lipinski definition) is 4. The van der Waals surface area contributed by atoms with Gasteiger partial charge >= 0.3 is 5.69 Å². The summed E-state index contributed by atoms with van der Waals surface area (Å²) in [6.07, 6.45) is 0. The topological polar surface area (TPSA) is 75.1 Å². The van der Waals surface area contributed by atoms with E-state index in [4.69, 9.17) is 10.5 Å². The van der Waals surface area contributed by atoms with Crippen molar-refractivity contribution in [3.8, 4) is 11.4 Å². The van der Waals surface area contributed by atoms with Gasteiger partial charge in [-0.15, -0.1) is 5.10 Å². The molecule has 6 heteroatoms. The van der Waals surface area contributed by atoms with Crippen molar-refractivity contribution in [2.75, 3.05) is 12.8 Å². The Kier molecular flexibility index (Phi) is 2.40. The first kappa shape index (κ1) is 10.3. The number of nitrogens with zero attached hydrogens (tertiary/aromatic N) is 3. The molecule has 0 aliphatic carbocycles. The van der Waals surface area contributed by atoms with Crippen LogP contribution in [0.1, 0.15) is 0 Å². The lowest BCUT2D eigenvalue weighted by atomic mass is 10.3. The van der Waals surface area contributed by atoms with Gasteiger partial charge in [-0.3, -0.25) is 0 Å². The lowest BCUT2D eigenvalue weighted by molar-refractivity contribution is 0.412. The average molecular weight is 220 g/mol. The van der Waals surface area contributed by atoms with Crippen LogP contribution >= 0.6 is 0 Å². The third-order valence-electron chi connectivity index (χ3n) is 2.28. The summed E-state index contributed by atoms with van der Waals surface area (Å²) in [6, 6.07) is 7.13. The molecule has 1 heterocycles. The fraction of sp³-hybridized carbons (Fsp3) is 0.200. The molecule has 0 spiro atoms. The van der Waals surface area contributed by atoms with Gasteiger partial charge in [0.05, 0.1) is 12.8 Å². The number of para-hydroxylation sites is 2. The quantitative estimate of drug-likeness (QED) is 0.782.